The summed E-state index contributed by atoms with van der Waals surface area (Å²) in [4.78, 5) is 0. The summed E-state index contributed by atoms with van der Waals surface area (Å²) in [6, 6.07) is 8.73. The van der Waals surface area contributed by atoms with Crippen LogP contribution in [0.15, 0.2) is 65.3 Å². The standard InChI is InChI=1S/C20H24/c1-5-17(6-2)12-11-15(3)13-20-16(4)14-18-9-7-8-10-19(18)20/h5,7-13H,6,14H2,1-4H3/b12-11-,15-13+,17-5-. The fourth-order valence-corrected chi connectivity index (χ4v) is 2.68. The lowest BCUT2D eigenvalue weighted by Gasteiger charge is -2.02. The van der Waals surface area contributed by atoms with Gasteiger partial charge in [-0.2, -0.15) is 0 Å². The van der Waals surface area contributed by atoms with Crippen LogP contribution in [0.4, 0.5) is 0 Å². The van der Waals surface area contributed by atoms with Crippen molar-refractivity contribution in [1.82, 2.24) is 0 Å². The number of hydrogen-bond donors (Lipinski definition) is 0. The molecule has 104 valence electrons. The van der Waals surface area contributed by atoms with Gasteiger partial charge in [-0.05, 0) is 50.3 Å². The zero-order valence-electron chi connectivity index (χ0n) is 13.0. The Kier molecular flexibility index (Phi) is 4.79. The first-order valence-corrected chi connectivity index (χ1v) is 7.45. The molecule has 0 atom stereocenters. The number of allylic oxidation sites excluding steroid dienone is 8. The highest BCUT2D eigenvalue weighted by molar-refractivity contribution is 5.83. The Hall–Kier alpha value is -1.82. The lowest BCUT2D eigenvalue weighted by atomic mass is 10.0. The third-order valence-electron chi connectivity index (χ3n) is 3.93. The zero-order valence-corrected chi connectivity index (χ0v) is 13.0. The first-order chi connectivity index (χ1) is 9.65. The van der Waals surface area contributed by atoms with Gasteiger partial charge in [-0.1, -0.05) is 72.2 Å². The Morgan fingerprint density at radius 2 is 1.95 bits per heavy atom. The Labute approximate surface area is 123 Å². The van der Waals surface area contributed by atoms with Crippen LogP contribution >= 0.6 is 0 Å². The summed E-state index contributed by atoms with van der Waals surface area (Å²) >= 11 is 0. The van der Waals surface area contributed by atoms with Crippen LogP contribution in [0.25, 0.3) is 5.57 Å². The normalized spacial score (nSPS) is 16.2. The van der Waals surface area contributed by atoms with Crippen LogP contribution in [0.1, 0.15) is 45.2 Å². The highest BCUT2D eigenvalue weighted by atomic mass is 14.2. The van der Waals surface area contributed by atoms with E-state index in [2.05, 4.69) is 76.3 Å². The number of rotatable bonds is 4. The first kappa shape index (κ1) is 14.6. The topological polar surface area (TPSA) is 0 Å². The average molecular weight is 264 g/mol. The molecular formula is C20H24. The third-order valence-corrected chi connectivity index (χ3v) is 3.93. The molecule has 0 fully saturated rings. The maximum atomic E-state index is 2.32. The lowest BCUT2D eigenvalue weighted by Crippen LogP contribution is -1.82. The molecule has 1 aliphatic carbocycles. The van der Waals surface area contributed by atoms with E-state index in [0.717, 1.165) is 12.8 Å². The minimum atomic E-state index is 1.09. The monoisotopic (exact) mass is 264 g/mol. The Morgan fingerprint density at radius 3 is 2.65 bits per heavy atom. The van der Waals surface area contributed by atoms with Crippen LogP contribution in [0.3, 0.4) is 0 Å². The fraction of sp³-hybridized carbons (Fsp3) is 0.300. The highest BCUT2D eigenvalue weighted by Gasteiger charge is 2.15. The van der Waals surface area contributed by atoms with Gasteiger partial charge in [0.05, 0.1) is 0 Å². The van der Waals surface area contributed by atoms with Crippen LogP contribution in [0.5, 0.6) is 0 Å². The first-order valence-electron chi connectivity index (χ1n) is 7.45. The predicted molar refractivity (Wildman–Crippen MR) is 89.7 cm³/mol. The largest absolute Gasteiger partial charge is 0.0845 e. The number of hydrogen-bond acceptors (Lipinski definition) is 0. The van der Waals surface area contributed by atoms with Crippen LogP contribution < -0.4 is 0 Å². The van der Waals surface area contributed by atoms with Crippen molar-refractivity contribution in [2.75, 3.05) is 0 Å². The van der Waals surface area contributed by atoms with Crippen molar-refractivity contribution in [2.45, 2.75) is 40.5 Å². The van der Waals surface area contributed by atoms with Crippen molar-refractivity contribution in [1.29, 1.82) is 0 Å². The van der Waals surface area contributed by atoms with Gasteiger partial charge < -0.3 is 0 Å². The van der Waals surface area contributed by atoms with Gasteiger partial charge in [0.1, 0.15) is 0 Å². The molecule has 0 spiro atoms. The quantitative estimate of drug-likeness (QED) is 0.596. The van der Waals surface area contributed by atoms with Crippen molar-refractivity contribution in [2.24, 2.45) is 0 Å². The second kappa shape index (κ2) is 6.56. The Bertz CT molecular complexity index is 607. The molecule has 2 rings (SSSR count). The van der Waals surface area contributed by atoms with Gasteiger partial charge in [-0.3, -0.25) is 0 Å². The van der Waals surface area contributed by atoms with Crippen molar-refractivity contribution in [3.8, 4) is 0 Å². The summed E-state index contributed by atoms with van der Waals surface area (Å²) in [7, 11) is 0. The Morgan fingerprint density at radius 1 is 1.20 bits per heavy atom. The molecular weight excluding hydrogens is 240 g/mol. The Balaban J connectivity index is 2.25. The predicted octanol–water partition coefficient (Wildman–Crippen LogP) is 5.88. The third kappa shape index (κ3) is 3.19. The van der Waals surface area contributed by atoms with Crippen LogP contribution in [0, 0.1) is 0 Å². The molecule has 0 N–H and O–H groups in total. The van der Waals surface area contributed by atoms with E-state index in [1.807, 2.05) is 0 Å². The molecule has 0 bridgehead atoms. The van der Waals surface area contributed by atoms with E-state index in [0.29, 0.717) is 0 Å². The van der Waals surface area contributed by atoms with E-state index in [9.17, 15) is 0 Å². The van der Waals surface area contributed by atoms with Gasteiger partial charge in [-0.15, -0.1) is 0 Å². The molecule has 0 heterocycles. The second-order valence-electron chi connectivity index (χ2n) is 5.47. The van der Waals surface area contributed by atoms with Crippen LogP contribution in [0.2, 0.25) is 0 Å². The van der Waals surface area contributed by atoms with Gasteiger partial charge in [0, 0.05) is 0 Å². The van der Waals surface area contributed by atoms with Crippen molar-refractivity contribution in [3.05, 3.63) is 76.4 Å². The van der Waals surface area contributed by atoms with E-state index >= 15 is 0 Å². The molecule has 0 heteroatoms. The van der Waals surface area contributed by atoms with Crippen molar-refractivity contribution < 1.29 is 0 Å². The number of fused-ring (bicyclic) bond motifs is 1. The van der Waals surface area contributed by atoms with Gasteiger partial charge in [0.2, 0.25) is 0 Å². The van der Waals surface area contributed by atoms with E-state index in [-0.39, 0.29) is 0 Å². The molecule has 20 heavy (non-hydrogen) atoms. The van der Waals surface area contributed by atoms with E-state index in [1.54, 1.807) is 0 Å². The smallest absolute Gasteiger partial charge is 0.00545 e. The minimum absolute atomic E-state index is 1.09. The van der Waals surface area contributed by atoms with Crippen molar-refractivity contribution in [3.63, 3.8) is 0 Å². The number of benzene rings is 1. The second-order valence-corrected chi connectivity index (χ2v) is 5.47. The maximum absolute atomic E-state index is 2.32. The maximum Gasteiger partial charge on any atom is -0.00545 e. The van der Waals surface area contributed by atoms with E-state index in [4.69, 9.17) is 0 Å². The van der Waals surface area contributed by atoms with Gasteiger partial charge in [0.15, 0.2) is 0 Å². The van der Waals surface area contributed by atoms with Crippen LogP contribution in [-0.4, -0.2) is 0 Å². The van der Waals surface area contributed by atoms with Crippen molar-refractivity contribution >= 4 is 5.57 Å². The summed E-state index contributed by atoms with van der Waals surface area (Å²) in [5.74, 6) is 0. The molecule has 1 aromatic rings. The summed E-state index contributed by atoms with van der Waals surface area (Å²) in [6.45, 7) is 8.72. The molecule has 0 amide bonds. The van der Waals surface area contributed by atoms with Crippen LogP contribution in [-0.2, 0) is 6.42 Å². The molecule has 0 aliphatic heterocycles. The molecule has 0 saturated heterocycles. The molecule has 0 nitrogen and oxygen atoms in total. The lowest BCUT2D eigenvalue weighted by molar-refractivity contribution is 1.14. The van der Waals surface area contributed by atoms with E-state index in [1.165, 1.54) is 33.4 Å². The molecule has 1 aliphatic rings. The molecule has 0 aromatic heterocycles. The summed E-state index contributed by atoms with van der Waals surface area (Å²) < 4.78 is 0. The van der Waals surface area contributed by atoms with Gasteiger partial charge in [0.25, 0.3) is 0 Å². The zero-order chi connectivity index (χ0) is 14.5. The highest BCUT2D eigenvalue weighted by Crippen LogP contribution is 2.34. The summed E-state index contributed by atoms with van der Waals surface area (Å²) in [5, 5.41) is 0. The SMILES string of the molecule is C\C=C(/C=C\C(C)=C\C1=C(C)Cc2ccccc21)CC. The summed E-state index contributed by atoms with van der Waals surface area (Å²) in [6.07, 6.45) is 11.1. The van der Waals surface area contributed by atoms with Gasteiger partial charge >= 0.3 is 0 Å². The van der Waals surface area contributed by atoms with Gasteiger partial charge in [-0.25, -0.2) is 0 Å². The summed E-state index contributed by atoms with van der Waals surface area (Å²) in [5.41, 5.74) is 8.43. The fourth-order valence-electron chi connectivity index (χ4n) is 2.68. The minimum Gasteiger partial charge on any atom is -0.0845 e. The van der Waals surface area contributed by atoms with E-state index < -0.39 is 0 Å². The molecule has 0 radical (unpaired) electrons. The molecule has 1 aromatic carbocycles. The average Bonchev–Trinajstić information content (AvgIpc) is 2.76. The molecule has 0 unspecified atom stereocenters. The molecule has 0 saturated carbocycles.